The lowest BCUT2D eigenvalue weighted by molar-refractivity contribution is -0.156. The topological polar surface area (TPSA) is 125 Å². The summed E-state index contributed by atoms with van der Waals surface area (Å²) < 4.78 is 5.50. The van der Waals surface area contributed by atoms with E-state index >= 15 is 0 Å². The molecule has 0 spiro atoms. The standard InChI is InChI=1S/C29H41N3O6/c1-4-11-23(18-26(34)32-15-9-10-16-32)29(37)38-21(3)19-30-27(35)25(12-5-2)28(36)31-24(20-33)17-22-13-7-6-8-14-22/h4-8,13-14,21,23-25,33H,1-2,9-12,15-20H2,3H3,(H,30,35)(H,31,36)/t21-,23+,24+,25?/m0/s1. The van der Waals surface area contributed by atoms with E-state index in [-0.39, 0.29) is 31.9 Å². The second-order valence-corrected chi connectivity index (χ2v) is 9.66. The zero-order valence-corrected chi connectivity index (χ0v) is 22.3. The zero-order valence-electron chi connectivity index (χ0n) is 22.3. The minimum absolute atomic E-state index is 0.000178. The Hall–Kier alpha value is -3.46. The lowest BCUT2D eigenvalue weighted by atomic mass is 10.0. The monoisotopic (exact) mass is 527 g/mol. The molecule has 1 aliphatic rings. The summed E-state index contributed by atoms with van der Waals surface area (Å²) in [6.07, 6.45) is 5.24. The lowest BCUT2D eigenvalue weighted by Crippen LogP contribution is -2.48. The number of carbonyl (C=O) groups excluding carboxylic acids is 4. The number of allylic oxidation sites excluding steroid dienone is 2. The average Bonchev–Trinajstić information content (AvgIpc) is 3.45. The van der Waals surface area contributed by atoms with Crippen LogP contribution in [0.2, 0.25) is 0 Å². The fraction of sp³-hybridized carbons (Fsp3) is 0.517. The SMILES string of the molecule is C=CCC(C(=O)NC[C@H](C)OC(=O)[C@H](CC=C)CC(=O)N1CCCC1)C(=O)N[C@@H](CO)Cc1ccccc1. The summed E-state index contributed by atoms with van der Waals surface area (Å²) in [6.45, 7) is 10.1. The highest BCUT2D eigenvalue weighted by Gasteiger charge is 2.29. The third-order valence-corrected chi connectivity index (χ3v) is 6.47. The molecule has 208 valence electrons. The molecule has 9 nitrogen and oxygen atoms in total. The molecular weight excluding hydrogens is 486 g/mol. The highest BCUT2D eigenvalue weighted by Crippen LogP contribution is 2.18. The van der Waals surface area contributed by atoms with Crippen molar-refractivity contribution in [3.05, 3.63) is 61.2 Å². The molecule has 1 heterocycles. The number of hydrogen-bond donors (Lipinski definition) is 3. The molecule has 9 heteroatoms. The summed E-state index contributed by atoms with van der Waals surface area (Å²) in [4.78, 5) is 52.7. The van der Waals surface area contributed by atoms with Gasteiger partial charge in [0.15, 0.2) is 0 Å². The van der Waals surface area contributed by atoms with Gasteiger partial charge in [-0.15, -0.1) is 13.2 Å². The molecule has 1 aromatic rings. The molecule has 2 rings (SSSR count). The first-order valence-corrected chi connectivity index (χ1v) is 13.2. The van der Waals surface area contributed by atoms with Gasteiger partial charge in [-0.05, 0) is 44.6 Å². The van der Waals surface area contributed by atoms with Gasteiger partial charge in [0, 0.05) is 19.5 Å². The molecule has 1 unspecified atom stereocenters. The first-order valence-electron chi connectivity index (χ1n) is 13.2. The fourth-order valence-electron chi connectivity index (χ4n) is 4.34. The predicted molar refractivity (Wildman–Crippen MR) is 145 cm³/mol. The summed E-state index contributed by atoms with van der Waals surface area (Å²) in [5, 5.41) is 15.1. The van der Waals surface area contributed by atoms with Crippen LogP contribution in [-0.2, 0) is 30.3 Å². The highest BCUT2D eigenvalue weighted by molar-refractivity contribution is 6.00. The van der Waals surface area contributed by atoms with Gasteiger partial charge in [-0.1, -0.05) is 42.5 Å². The van der Waals surface area contributed by atoms with E-state index in [1.807, 2.05) is 30.3 Å². The number of aliphatic hydroxyl groups excluding tert-OH is 1. The van der Waals surface area contributed by atoms with Crippen LogP contribution in [0.5, 0.6) is 0 Å². The number of carbonyl (C=O) groups is 4. The van der Waals surface area contributed by atoms with Crippen LogP contribution in [0.15, 0.2) is 55.6 Å². The van der Waals surface area contributed by atoms with Crippen LogP contribution in [0.1, 0.15) is 44.6 Å². The molecule has 38 heavy (non-hydrogen) atoms. The van der Waals surface area contributed by atoms with Crippen LogP contribution in [0.25, 0.3) is 0 Å². The Bertz CT molecular complexity index is 945. The van der Waals surface area contributed by atoms with Crippen LogP contribution in [0.3, 0.4) is 0 Å². The Kier molecular flexibility index (Phi) is 13.3. The third-order valence-electron chi connectivity index (χ3n) is 6.47. The molecule has 3 amide bonds. The van der Waals surface area contributed by atoms with Gasteiger partial charge < -0.3 is 25.4 Å². The molecule has 4 atom stereocenters. The first kappa shape index (κ1) is 30.8. The maximum Gasteiger partial charge on any atom is 0.310 e. The van der Waals surface area contributed by atoms with Gasteiger partial charge in [-0.25, -0.2) is 0 Å². The molecule has 1 aliphatic heterocycles. The Morgan fingerprint density at radius 2 is 1.71 bits per heavy atom. The summed E-state index contributed by atoms with van der Waals surface area (Å²) >= 11 is 0. The Balaban J connectivity index is 1.88. The molecule has 0 saturated carbocycles. The Morgan fingerprint density at radius 1 is 1.05 bits per heavy atom. The van der Waals surface area contributed by atoms with Crippen molar-refractivity contribution in [3.8, 4) is 0 Å². The molecule has 0 aromatic heterocycles. The van der Waals surface area contributed by atoms with Crippen LogP contribution in [0, 0.1) is 11.8 Å². The van der Waals surface area contributed by atoms with Crippen LogP contribution >= 0.6 is 0 Å². The van der Waals surface area contributed by atoms with Crippen molar-refractivity contribution < 1.29 is 29.0 Å². The first-order chi connectivity index (χ1) is 18.3. The van der Waals surface area contributed by atoms with Crippen LogP contribution in [0.4, 0.5) is 0 Å². The number of ether oxygens (including phenoxy) is 1. The molecule has 1 fully saturated rings. The van der Waals surface area contributed by atoms with E-state index in [0.717, 1.165) is 18.4 Å². The summed E-state index contributed by atoms with van der Waals surface area (Å²) in [5.41, 5.74) is 0.948. The van der Waals surface area contributed by atoms with Gasteiger partial charge in [0.25, 0.3) is 0 Å². The quantitative estimate of drug-likeness (QED) is 0.172. The highest BCUT2D eigenvalue weighted by atomic mass is 16.5. The van der Waals surface area contributed by atoms with Crippen LogP contribution in [-0.4, -0.2) is 72.1 Å². The molecule has 0 bridgehead atoms. The van der Waals surface area contributed by atoms with Crippen molar-refractivity contribution in [2.24, 2.45) is 11.8 Å². The van der Waals surface area contributed by atoms with Gasteiger partial charge in [0.1, 0.15) is 12.0 Å². The number of nitrogens with zero attached hydrogens (tertiary/aromatic N) is 1. The number of esters is 1. The van der Waals surface area contributed by atoms with E-state index < -0.39 is 41.8 Å². The van der Waals surface area contributed by atoms with Gasteiger partial charge in [-0.3, -0.25) is 19.2 Å². The largest absolute Gasteiger partial charge is 0.461 e. The maximum atomic E-state index is 12.9. The summed E-state index contributed by atoms with van der Waals surface area (Å²) in [6, 6.07) is 8.87. The van der Waals surface area contributed by atoms with Crippen molar-refractivity contribution in [3.63, 3.8) is 0 Å². The molecule has 0 aliphatic carbocycles. The van der Waals surface area contributed by atoms with E-state index in [9.17, 15) is 24.3 Å². The lowest BCUT2D eigenvalue weighted by Gasteiger charge is -2.23. The third kappa shape index (κ3) is 10.1. The minimum atomic E-state index is -1.05. The number of hydrogen-bond acceptors (Lipinski definition) is 6. The summed E-state index contributed by atoms with van der Waals surface area (Å²) in [5.74, 6) is -3.34. The molecular formula is C29H41N3O6. The van der Waals surface area contributed by atoms with Crippen molar-refractivity contribution >= 4 is 23.7 Å². The molecule has 0 radical (unpaired) electrons. The van der Waals surface area contributed by atoms with E-state index in [0.29, 0.717) is 25.9 Å². The van der Waals surface area contributed by atoms with Gasteiger partial charge in [0.05, 0.1) is 25.1 Å². The van der Waals surface area contributed by atoms with Crippen molar-refractivity contribution in [2.75, 3.05) is 26.2 Å². The average molecular weight is 528 g/mol. The summed E-state index contributed by atoms with van der Waals surface area (Å²) in [7, 11) is 0. The maximum absolute atomic E-state index is 12.9. The van der Waals surface area contributed by atoms with Crippen molar-refractivity contribution in [1.82, 2.24) is 15.5 Å². The Labute approximate surface area is 225 Å². The Morgan fingerprint density at radius 3 is 2.32 bits per heavy atom. The number of aliphatic hydroxyl groups is 1. The number of likely N-dealkylation sites (tertiary alicyclic amines) is 1. The fourth-order valence-corrected chi connectivity index (χ4v) is 4.34. The minimum Gasteiger partial charge on any atom is -0.461 e. The van der Waals surface area contributed by atoms with Gasteiger partial charge >= 0.3 is 5.97 Å². The van der Waals surface area contributed by atoms with E-state index in [4.69, 9.17) is 4.74 Å². The number of nitrogens with one attached hydrogen (secondary N) is 2. The van der Waals surface area contributed by atoms with Crippen LogP contribution < -0.4 is 10.6 Å². The number of rotatable bonds is 16. The van der Waals surface area contributed by atoms with Crippen molar-refractivity contribution in [2.45, 2.75) is 57.6 Å². The molecule has 1 saturated heterocycles. The zero-order chi connectivity index (χ0) is 27.9. The number of amides is 3. The second kappa shape index (κ2) is 16.4. The van der Waals surface area contributed by atoms with Crippen molar-refractivity contribution in [1.29, 1.82) is 0 Å². The normalized spacial score (nSPS) is 16.0. The van der Waals surface area contributed by atoms with E-state index in [1.165, 1.54) is 6.08 Å². The molecule has 3 N–H and O–H groups in total. The van der Waals surface area contributed by atoms with E-state index in [1.54, 1.807) is 17.9 Å². The van der Waals surface area contributed by atoms with Gasteiger partial charge in [0.2, 0.25) is 17.7 Å². The van der Waals surface area contributed by atoms with E-state index in [2.05, 4.69) is 23.8 Å². The smallest absolute Gasteiger partial charge is 0.310 e. The number of benzene rings is 1. The predicted octanol–water partition coefficient (Wildman–Crippen LogP) is 2.15. The second-order valence-electron chi connectivity index (χ2n) is 9.66. The molecule has 1 aromatic carbocycles. The van der Waals surface area contributed by atoms with Gasteiger partial charge in [-0.2, -0.15) is 0 Å².